The predicted octanol–water partition coefficient (Wildman–Crippen LogP) is 1.53. The second-order valence-corrected chi connectivity index (χ2v) is 6.28. The molecular weight excluding hydrogens is 354 g/mol. The minimum Gasteiger partial charge on any atom is -0.382 e. The third kappa shape index (κ3) is 3.89. The topological polar surface area (TPSA) is 118 Å². The minimum absolute atomic E-state index is 0.00520. The van der Waals surface area contributed by atoms with Gasteiger partial charge in [-0.1, -0.05) is 30.3 Å². The first-order valence-electron chi connectivity index (χ1n) is 7.71. The fourth-order valence-corrected chi connectivity index (χ4v) is 3.15. The summed E-state index contributed by atoms with van der Waals surface area (Å²) in [7, 11) is 0. The molecule has 0 spiro atoms. The molecule has 132 valence electrons. The highest BCUT2D eigenvalue weighted by Gasteiger charge is 2.34. The summed E-state index contributed by atoms with van der Waals surface area (Å²) >= 11 is 0.878. The molecule has 1 aromatic heterocycles. The number of aromatic nitrogens is 2. The monoisotopic (exact) mass is 369 g/mol. The Balaban J connectivity index is 1.59. The van der Waals surface area contributed by atoms with Gasteiger partial charge in [0.05, 0.1) is 4.91 Å². The van der Waals surface area contributed by atoms with Gasteiger partial charge in [0.25, 0.3) is 17.1 Å². The molecule has 3 rings (SSSR count). The van der Waals surface area contributed by atoms with Gasteiger partial charge in [-0.25, -0.2) is 9.97 Å². The van der Waals surface area contributed by atoms with Crippen LogP contribution in [0.15, 0.2) is 47.6 Å². The van der Waals surface area contributed by atoms with Crippen LogP contribution in [-0.2, 0) is 4.79 Å². The summed E-state index contributed by atoms with van der Waals surface area (Å²) in [5, 5.41) is 2.21. The number of hydrogen-bond donors (Lipinski definition) is 2. The Morgan fingerprint density at radius 3 is 2.65 bits per heavy atom. The van der Waals surface area contributed by atoms with Gasteiger partial charge in [-0.15, -0.1) is 0 Å². The zero-order chi connectivity index (χ0) is 18.5. The molecule has 3 amide bonds. The molecule has 1 saturated heterocycles. The minimum atomic E-state index is -0.512. The van der Waals surface area contributed by atoms with Crippen molar-refractivity contribution in [2.24, 2.45) is 0 Å². The molecule has 0 bridgehead atoms. The molecule has 1 aliphatic heterocycles. The van der Waals surface area contributed by atoms with Crippen molar-refractivity contribution in [1.82, 2.24) is 20.2 Å². The van der Waals surface area contributed by atoms with Crippen molar-refractivity contribution in [2.45, 2.75) is 0 Å². The van der Waals surface area contributed by atoms with Crippen LogP contribution in [0.1, 0.15) is 16.1 Å². The Bertz CT molecular complexity index is 885. The summed E-state index contributed by atoms with van der Waals surface area (Å²) in [6.45, 7) is 0.147. The molecule has 8 nitrogen and oxygen atoms in total. The van der Waals surface area contributed by atoms with Crippen LogP contribution >= 0.6 is 11.8 Å². The molecule has 1 aliphatic rings. The summed E-state index contributed by atoms with van der Waals surface area (Å²) in [4.78, 5) is 45.5. The number of amides is 3. The number of nitrogen functional groups attached to an aromatic ring is 1. The normalized spacial score (nSPS) is 15.5. The summed E-state index contributed by atoms with van der Waals surface area (Å²) in [5.41, 5.74) is 6.43. The molecular formula is C17H15N5O3S. The van der Waals surface area contributed by atoms with Gasteiger partial charge in [0.1, 0.15) is 0 Å². The van der Waals surface area contributed by atoms with E-state index in [0.717, 1.165) is 22.2 Å². The van der Waals surface area contributed by atoms with Gasteiger partial charge < -0.3 is 11.1 Å². The lowest BCUT2D eigenvalue weighted by atomic mass is 10.2. The Kier molecular flexibility index (Phi) is 5.28. The number of nitrogens with one attached hydrogen (secondary N) is 1. The molecule has 0 unspecified atom stereocenters. The van der Waals surface area contributed by atoms with E-state index in [2.05, 4.69) is 15.3 Å². The quantitative estimate of drug-likeness (QED) is 0.767. The van der Waals surface area contributed by atoms with Gasteiger partial charge in [-0.05, 0) is 23.4 Å². The van der Waals surface area contributed by atoms with Crippen LogP contribution in [0.2, 0.25) is 0 Å². The van der Waals surface area contributed by atoms with Crippen LogP contribution < -0.4 is 11.1 Å². The van der Waals surface area contributed by atoms with Crippen molar-refractivity contribution in [3.63, 3.8) is 0 Å². The number of imide groups is 1. The maximum absolute atomic E-state index is 12.4. The van der Waals surface area contributed by atoms with Gasteiger partial charge in [0.2, 0.25) is 0 Å². The zero-order valence-corrected chi connectivity index (χ0v) is 14.4. The van der Waals surface area contributed by atoms with Crippen molar-refractivity contribution >= 4 is 40.7 Å². The van der Waals surface area contributed by atoms with E-state index < -0.39 is 5.91 Å². The second kappa shape index (κ2) is 7.79. The van der Waals surface area contributed by atoms with Crippen LogP contribution in [0.5, 0.6) is 0 Å². The SMILES string of the molecule is Nc1nccnc1C(=O)NCCN1C(=O)S/C(=C\c2ccccc2)C1=O. The van der Waals surface area contributed by atoms with Gasteiger partial charge in [0.15, 0.2) is 11.5 Å². The molecule has 0 atom stereocenters. The highest BCUT2D eigenvalue weighted by atomic mass is 32.2. The molecule has 0 radical (unpaired) electrons. The molecule has 0 saturated carbocycles. The number of thioether (sulfide) groups is 1. The summed E-state index contributed by atoms with van der Waals surface area (Å²) in [5.74, 6) is -0.874. The van der Waals surface area contributed by atoms with Gasteiger partial charge in [-0.2, -0.15) is 0 Å². The number of rotatable bonds is 5. The molecule has 26 heavy (non-hydrogen) atoms. The van der Waals surface area contributed by atoms with E-state index in [1.54, 1.807) is 6.08 Å². The number of nitrogens with two attached hydrogens (primary N) is 1. The second-order valence-electron chi connectivity index (χ2n) is 5.29. The van der Waals surface area contributed by atoms with E-state index in [1.165, 1.54) is 12.4 Å². The highest BCUT2D eigenvalue weighted by molar-refractivity contribution is 8.18. The van der Waals surface area contributed by atoms with Gasteiger partial charge in [-0.3, -0.25) is 19.3 Å². The fourth-order valence-electron chi connectivity index (χ4n) is 2.28. The van der Waals surface area contributed by atoms with Crippen molar-refractivity contribution in [1.29, 1.82) is 0 Å². The van der Waals surface area contributed by atoms with E-state index >= 15 is 0 Å². The van der Waals surface area contributed by atoms with E-state index in [0.29, 0.717) is 4.91 Å². The third-order valence-corrected chi connectivity index (χ3v) is 4.44. The molecule has 3 N–H and O–H groups in total. The predicted molar refractivity (Wildman–Crippen MR) is 97.9 cm³/mol. The highest BCUT2D eigenvalue weighted by Crippen LogP contribution is 2.31. The maximum Gasteiger partial charge on any atom is 0.293 e. The number of carbonyl (C=O) groups is 3. The first kappa shape index (κ1) is 17.6. The fraction of sp³-hybridized carbons (Fsp3) is 0.118. The molecule has 1 aromatic carbocycles. The molecule has 1 fully saturated rings. The number of hydrogen-bond acceptors (Lipinski definition) is 7. The van der Waals surface area contributed by atoms with Crippen LogP contribution in [0.4, 0.5) is 10.6 Å². The lowest BCUT2D eigenvalue weighted by Crippen LogP contribution is -2.37. The number of anilines is 1. The Morgan fingerprint density at radius 1 is 1.19 bits per heavy atom. The number of carbonyl (C=O) groups excluding carboxylic acids is 3. The first-order valence-corrected chi connectivity index (χ1v) is 8.53. The Morgan fingerprint density at radius 2 is 1.92 bits per heavy atom. The van der Waals surface area contributed by atoms with Crippen LogP contribution in [-0.4, -0.2) is 45.0 Å². The summed E-state index contributed by atoms with van der Waals surface area (Å²) in [6, 6.07) is 9.27. The maximum atomic E-state index is 12.4. The summed E-state index contributed by atoms with van der Waals surface area (Å²) in [6.07, 6.45) is 4.41. The summed E-state index contributed by atoms with van der Waals surface area (Å²) < 4.78 is 0. The first-order chi connectivity index (χ1) is 12.6. The van der Waals surface area contributed by atoms with Crippen molar-refractivity contribution in [2.75, 3.05) is 18.8 Å². The van der Waals surface area contributed by atoms with Crippen molar-refractivity contribution in [3.8, 4) is 0 Å². The average molecular weight is 369 g/mol. The zero-order valence-electron chi connectivity index (χ0n) is 13.6. The Hall–Kier alpha value is -3.20. The van der Waals surface area contributed by atoms with Crippen molar-refractivity contribution < 1.29 is 14.4 Å². The standard InChI is InChI=1S/C17H15N5O3S/c18-14-13(19-6-7-20-14)15(23)21-8-9-22-16(24)12(26-17(22)25)10-11-4-2-1-3-5-11/h1-7,10H,8-9H2,(H2,18,20)(H,21,23)/b12-10-. The largest absolute Gasteiger partial charge is 0.382 e. The van der Waals surface area contributed by atoms with Gasteiger partial charge in [0, 0.05) is 25.5 Å². The lowest BCUT2D eigenvalue weighted by molar-refractivity contribution is -0.122. The third-order valence-electron chi connectivity index (χ3n) is 3.53. The molecule has 2 heterocycles. The van der Waals surface area contributed by atoms with E-state index in [-0.39, 0.29) is 35.7 Å². The average Bonchev–Trinajstić information content (AvgIpc) is 2.90. The van der Waals surface area contributed by atoms with E-state index in [9.17, 15) is 14.4 Å². The van der Waals surface area contributed by atoms with E-state index in [1.807, 2.05) is 30.3 Å². The molecule has 0 aliphatic carbocycles. The van der Waals surface area contributed by atoms with E-state index in [4.69, 9.17) is 5.73 Å². The van der Waals surface area contributed by atoms with Crippen LogP contribution in [0.3, 0.4) is 0 Å². The smallest absolute Gasteiger partial charge is 0.293 e. The Labute approximate surface area is 153 Å². The molecule has 9 heteroatoms. The molecule has 2 aromatic rings. The lowest BCUT2D eigenvalue weighted by Gasteiger charge is -2.13. The van der Waals surface area contributed by atoms with Crippen LogP contribution in [0.25, 0.3) is 6.08 Å². The van der Waals surface area contributed by atoms with Crippen molar-refractivity contribution in [3.05, 3.63) is 58.9 Å². The number of benzene rings is 1. The van der Waals surface area contributed by atoms with Crippen LogP contribution in [0, 0.1) is 0 Å². The number of nitrogens with zero attached hydrogens (tertiary/aromatic N) is 3. The van der Waals surface area contributed by atoms with Gasteiger partial charge >= 0.3 is 0 Å².